The first-order chi connectivity index (χ1) is 15.1. The zero-order valence-corrected chi connectivity index (χ0v) is 19.1. The van der Waals surface area contributed by atoms with Crippen LogP contribution in [0.1, 0.15) is 44.1 Å². The summed E-state index contributed by atoms with van der Waals surface area (Å²) in [5, 5.41) is 14.6. The molecule has 0 unspecified atom stereocenters. The summed E-state index contributed by atoms with van der Waals surface area (Å²) in [7, 11) is 3.22. The second-order valence-corrected chi connectivity index (χ2v) is 10.1. The van der Waals surface area contributed by atoms with Crippen LogP contribution in [0.5, 0.6) is 11.5 Å². The largest absolute Gasteiger partial charge is 0.493 e. The van der Waals surface area contributed by atoms with Crippen LogP contribution < -0.4 is 14.8 Å². The summed E-state index contributed by atoms with van der Waals surface area (Å²) in [5.74, 6) is 4.39. The lowest BCUT2D eigenvalue weighted by atomic mass is 9.53. The fourth-order valence-electron chi connectivity index (χ4n) is 6.44. The topological polar surface area (TPSA) is 80.1 Å². The molecule has 1 N–H and O–H groups in total. The second-order valence-electron chi connectivity index (χ2n) is 9.29. The molecule has 1 aromatic carbocycles. The molecule has 4 aliphatic rings. The van der Waals surface area contributed by atoms with Gasteiger partial charge in [-0.25, -0.2) is 9.97 Å². The number of nitrogens with zero attached hydrogens (tertiary/aromatic N) is 3. The van der Waals surface area contributed by atoms with Gasteiger partial charge in [0.2, 0.25) is 0 Å². The third-order valence-electron chi connectivity index (χ3n) is 7.26. The maximum Gasteiger partial charge on any atom is 0.189 e. The minimum Gasteiger partial charge on any atom is -0.493 e. The third-order valence-corrected chi connectivity index (χ3v) is 7.81. The van der Waals surface area contributed by atoms with Gasteiger partial charge < -0.3 is 14.8 Å². The van der Waals surface area contributed by atoms with Gasteiger partial charge in [0.15, 0.2) is 16.7 Å². The number of hydrogen-bond acceptors (Lipinski definition) is 7. The fraction of sp³-hybridized carbons (Fsp3) is 0.542. The zero-order chi connectivity index (χ0) is 21.6. The molecular weight excluding hydrogens is 408 g/mol. The Bertz CT molecular complexity index is 1010. The highest BCUT2D eigenvalue weighted by Crippen LogP contribution is 2.56. The Labute approximate surface area is 187 Å². The average molecular weight is 437 g/mol. The molecule has 0 spiro atoms. The van der Waals surface area contributed by atoms with E-state index in [1.165, 1.54) is 50.3 Å². The smallest absolute Gasteiger partial charge is 0.189 e. The Kier molecular flexibility index (Phi) is 5.21. The van der Waals surface area contributed by atoms with Crippen LogP contribution in [0.3, 0.4) is 0 Å². The fourth-order valence-corrected chi connectivity index (χ4v) is 6.80. The molecule has 4 saturated carbocycles. The van der Waals surface area contributed by atoms with Gasteiger partial charge in [-0.1, -0.05) is 11.8 Å². The van der Waals surface area contributed by atoms with Crippen LogP contribution >= 0.6 is 11.8 Å². The minimum atomic E-state index is 0.0687. The van der Waals surface area contributed by atoms with E-state index in [0.29, 0.717) is 33.7 Å². The van der Waals surface area contributed by atoms with Gasteiger partial charge in [-0.3, -0.25) is 0 Å². The number of methoxy groups -OCH3 is 2. The van der Waals surface area contributed by atoms with Crippen molar-refractivity contribution in [1.82, 2.24) is 9.97 Å². The number of thioether (sulfide) groups is 1. The zero-order valence-electron chi connectivity index (χ0n) is 18.3. The molecule has 7 heteroatoms. The Morgan fingerprint density at radius 1 is 1.03 bits per heavy atom. The molecule has 0 amide bonds. The molecule has 0 aliphatic heterocycles. The van der Waals surface area contributed by atoms with Gasteiger partial charge in [0.05, 0.1) is 19.9 Å². The maximum absolute atomic E-state index is 10.1. The Balaban J connectivity index is 1.57. The van der Waals surface area contributed by atoms with Crippen molar-refractivity contribution < 1.29 is 9.47 Å². The first-order valence-corrected chi connectivity index (χ1v) is 12.2. The molecule has 6 rings (SSSR count). The van der Waals surface area contributed by atoms with E-state index in [1.54, 1.807) is 14.2 Å². The lowest BCUT2D eigenvalue weighted by Gasteiger charge is -2.57. The van der Waals surface area contributed by atoms with Crippen LogP contribution in [-0.4, -0.2) is 36.0 Å². The van der Waals surface area contributed by atoms with Gasteiger partial charge in [-0.2, -0.15) is 5.26 Å². The highest BCUT2D eigenvalue weighted by molar-refractivity contribution is 7.98. The molecule has 0 radical (unpaired) electrons. The lowest BCUT2D eigenvalue weighted by molar-refractivity contribution is 0.0105. The van der Waals surface area contributed by atoms with Crippen LogP contribution in [0, 0.1) is 29.1 Å². The van der Waals surface area contributed by atoms with Crippen LogP contribution in [0.25, 0.3) is 11.3 Å². The highest BCUT2D eigenvalue weighted by atomic mass is 32.2. The highest BCUT2D eigenvalue weighted by Gasteiger charge is 2.51. The molecule has 0 atom stereocenters. The third kappa shape index (κ3) is 3.61. The molecule has 2 aromatic rings. The summed E-state index contributed by atoms with van der Waals surface area (Å²) in [5.41, 5.74) is 2.02. The van der Waals surface area contributed by atoms with Crippen LogP contribution in [-0.2, 0) is 0 Å². The molecule has 1 heterocycles. The van der Waals surface area contributed by atoms with Gasteiger partial charge >= 0.3 is 0 Å². The van der Waals surface area contributed by atoms with Crippen molar-refractivity contribution in [3.05, 3.63) is 23.8 Å². The van der Waals surface area contributed by atoms with Crippen molar-refractivity contribution in [1.29, 1.82) is 5.26 Å². The second kappa shape index (κ2) is 7.90. The van der Waals surface area contributed by atoms with Crippen LogP contribution in [0.4, 0.5) is 5.82 Å². The Hall–Kier alpha value is -2.46. The van der Waals surface area contributed by atoms with Gasteiger partial charge in [0.1, 0.15) is 17.5 Å². The van der Waals surface area contributed by atoms with Crippen molar-refractivity contribution in [2.45, 2.75) is 49.2 Å². The standard InChI is InChI=1S/C24H28N4O2S/c1-29-19-5-4-17(9-20(19)30-2)21-18(13-25)22(27-23(26-21)31-3)28-24-10-14-6-15(11-24)8-16(7-14)12-24/h4-5,9,14-16H,6-8,10-12H2,1-3H3,(H,26,27,28). The molecule has 4 aliphatic carbocycles. The number of benzene rings is 1. The van der Waals surface area contributed by atoms with E-state index in [-0.39, 0.29) is 5.54 Å². The number of nitrogens with one attached hydrogen (secondary N) is 1. The minimum absolute atomic E-state index is 0.0687. The monoisotopic (exact) mass is 436 g/mol. The van der Waals surface area contributed by atoms with Gasteiger partial charge in [-0.15, -0.1) is 0 Å². The summed E-state index contributed by atoms with van der Waals surface area (Å²) in [6, 6.07) is 8.04. The van der Waals surface area contributed by atoms with Gasteiger partial charge in [-0.05, 0) is 80.7 Å². The van der Waals surface area contributed by atoms with E-state index in [9.17, 15) is 5.26 Å². The lowest BCUT2D eigenvalue weighted by Crippen LogP contribution is -2.55. The summed E-state index contributed by atoms with van der Waals surface area (Å²) in [6.45, 7) is 0. The molecule has 0 saturated heterocycles. The SMILES string of the molecule is COc1ccc(-c2nc(SC)nc(NC34CC5CC(CC(C5)C3)C4)c2C#N)cc1OC. The number of hydrogen-bond donors (Lipinski definition) is 1. The van der Waals surface area contributed by atoms with Crippen molar-refractivity contribution in [2.75, 3.05) is 25.8 Å². The van der Waals surface area contributed by atoms with Crippen LogP contribution in [0.2, 0.25) is 0 Å². The maximum atomic E-state index is 10.1. The van der Waals surface area contributed by atoms with Crippen molar-refractivity contribution in [3.63, 3.8) is 0 Å². The van der Waals surface area contributed by atoms with Crippen molar-refractivity contribution in [3.8, 4) is 28.8 Å². The average Bonchev–Trinajstić information content (AvgIpc) is 2.76. The summed E-state index contributed by atoms with van der Waals surface area (Å²) in [4.78, 5) is 9.47. The normalized spacial score (nSPS) is 28.3. The number of ether oxygens (including phenoxy) is 2. The molecule has 4 fully saturated rings. The van der Waals surface area contributed by atoms with Gasteiger partial charge in [0.25, 0.3) is 0 Å². The molecular formula is C24H28N4O2S. The molecule has 1 aromatic heterocycles. The van der Waals surface area contributed by atoms with E-state index < -0.39 is 0 Å². The molecule has 4 bridgehead atoms. The van der Waals surface area contributed by atoms with Crippen molar-refractivity contribution >= 4 is 17.6 Å². The molecule has 6 nitrogen and oxygen atoms in total. The van der Waals surface area contributed by atoms with Crippen LogP contribution in [0.15, 0.2) is 23.4 Å². The van der Waals surface area contributed by atoms with Gasteiger partial charge in [0, 0.05) is 11.1 Å². The van der Waals surface area contributed by atoms with Crippen molar-refractivity contribution in [2.24, 2.45) is 17.8 Å². The summed E-state index contributed by atoms with van der Waals surface area (Å²) >= 11 is 1.49. The number of aromatic nitrogens is 2. The predicted octanol–water partition coefficient (Wildman–Crippen LogP) is 5.14. The quantitative estimate of drug-likeness (QED) is 0.496. The Morgan fingerprint density at radius 3 is 2.23 bits per heavy atom. The first kappa shape index (κ1) is 20.4. The van der Waals surface area contributed by atoms with E-state index in [4.69, 9.17) is 19.4 Å². The number of anilines is 1. The summed E-state index contributed by atoms with van der Waals surface area (Å²) < 4.78 is 10.8. The van der Waals surface area contributed by atoms with E-state index in [0.717, 1.165) is 23.3 Å². The summed E-state index contributed by atoms with van der Waals surface area (Å²) in [6.07, 6.45) is 9.67. The van der Waals surface area contributed by atoms with E-state index in [1.807, 2.05) is 24.5 Å². The predicted molar refractivity (Wildman–Crippen MR) is 122 cm³/mol. The van der Waals surface area contributed by atoms with E-state index in [2.05, 4.69) is 11.4 Å². The van der Waals surface area contributed by atoms with E-state index >= 15 is 0 Å². The molecule has 31 heavy (non-hydrogen) atoms. The Morgan fingerprint density at radius 2 is 1.68 bits per heavy atom. The number of rotatable bonds is 6. The first-order valence-electron chi connectivity index (χ1n) is 10.9. The molecule has 162 valence electrons. The number of nitriles is 1.